The van der Waals surface area contributed by atoms with Crippen LogP contribution < -0.4 is 4.74 Å². The SMILES string of the molecule is CCCc1ccc(OCc2ccccc2)cc1F. The number of benzene rings is 2. The molecule has 0 aromatic heterocycles. The van der Waals surface area contributed by atoms with Gasteiger partial charge in [0.2, 0.25) is 0 Å². The predicted octanol–water partition coefficient (Wildman–Crippen LogP) is 4.36. The van der Waals surface area contributed by atoms with E-state index in [4.69, 9.17) is 4.74 Å². The summed E-state index contributed by atoms with van der Waals surface area (Å²) in [5.74, 6) is 0.401. The average molecular weight is 244 g/mol. The molecule has 0 saturated heterocycles. The Morgan fingerprint density at radius 2 is 1.83 bits per heavy atom. The molecule has 0 aliphatic carbocycles. The zero-order chi connectivity index (χ0) is 12.8. The molecule has 0 heterocycles. The molecule has 1 nitrogen and oxygen atoms in total. The van der Waals surface area contributed by atoms with E-state index in [1.165, 1.54) is 6.07 Å². The lowest BCUT2D eigenvalue weighted by molar-refractivity contribution is 0.304. The van der Waals surface area contributed by atoms with Crippen molar-refractivity contribution in [3.05, 3.63) is 65.5 Å². The van der Waals surface area contributed by atoms with E-state index < -0.39 is 0 Å². The van der Waals surface area contributed by atoms with Crippen LogP contribution in [0.1, 0.15) is 24.5 Å². The summed E-state index contributed by atoms with van der Waals surface area (Å²) >= 11 is 0. The highest BCUT2D eigenvalue weighted by Gasteiger charge is 2.03. The molecule has 0 atom stereocenters. The second-order valence-corrected chi connectivity index (χ2v) is 4.28. The van der Waals surface area contributed by atoms with Gasteiger partial charge < -0.3 is 4.74 Å². The van der Waals surface area contributed by atoms with Crippen molar-refractivity contribution in [1.29, 1.82) is 0 Å². The molecule has 0 unspecified atom stereocenters. The third-order valence-corrected chi connectivity index (χ3v) is 2.79. The number of hydrogen-bond donors (Lipinski definition) is 0. The highest BCUT2D eigenvalue weighted by Crippen LogP contribution is 2.19. The van der Waals surface area contributed by atoms with E-state index in [0.717, 1.165) is 24.0 Å². The van der Waals surface area contributed by atoms with Crippen molar-refractivity contribution >= 4 is 0 Å². The maximum absolute atomic E-state index is 13.7. The summed E-state index contributed by atoms with van der Waals surface area (Å²) in [5.41, 5.74) is 1.83. The normalized spacial score (nSPS) is 10.3. The molecular formula is C16H17FO. The van der Waals surface area contributed by atoms with Crippen molar-refractivity contribution in [2.24, 2.45) is 0 Å². The van der Waals surface area contributed by atoms with E-state index in [1.807, 2.05) is 43.3 Å². The monoisotopic (exact) mass is 244 g/mol. The van der Waals surface area contributed by atoms with E-state index in [1.54, 1.807) is 6.07 Å². The fourth-order valence-corrected chi connectivity index (χ4v) is 1.83. The number of hydrogen-bond acceptors (Lipinski definition) is 1. The second-order valence-electron chi connectivity index (χ2n) is 4.28. The molecule has 94 valence electrons. The molecule has 0 aliphatic heterocycles. The largest absolute Gasteiger partial charge is 0.489 e. The topological polar surface area (TPSA) is 9.23 Å². The number of halogens is 1. The molecule has 0 spiro atoms. The molecule has 2 rings (SSSR count). The summed E-state index contributed by atoms with van der Waals surface area (Å²) in [4.78, 5) is 0. The van der Waals surface area contributed by atoms with Crippen LogP contribution in [0.3, 0.4) is 0 Å². The van der Waals surface area contributed by atoms with E-state index in [2.05, 4.69) is 0 Å². The van der Waals surface area contributed by atoms with Crippen LogP contribution in [-0.4, -0.2) is 0 Å². The molecule has 18 heavy (non-hydrogen) atoms. The lowest BCUT2D eigenvalue weighted by Gasteiger charge is -2.08. The first kappa shape index (κ1) is 12.6. The van der Waals surface area contributed by atoms with E-state index >= 15 is 0 Å². The third-order valence-electron chi connectivity index (χ3n) is 2.79. The Bertz CT molecular complexity index is 494. The van der Waals surface area contributed by atoms with Crippen molar-refractivity contribution in [2.75, 3.05) is 0 Å². The fraction of sp³-hybridized carbons (Fsp3) is 0.250. The van der Waals surface area contributed by atoms with Crippen LogP contribution in [-0.2, 0) is 13.0 Å². The molecular weight excluding hydrogens is 227 g/mol. The molecule has 0 aliphatic rings. The Balaban J connectivity index is 2.00. The van der Waals surface area contributed by atoms with E-state index in [9.17, 15) is 4.39 Å². The highest BCUT2D eigenvalue weighted by molar-refractivity contribution is 5.29. The summed E-state index contributed by atoms with van der Waals surface area (Å²) in [6.45, 7) is 2.51. The molecule has 0 fully saturated rings. The summed E-state index contributed by atoms with van der Waals surface area (Å²) in [6, 6.07) is 15.0. The second kappa shape index (κ2) is 6.20. The lowest BCUT2D eigenvalue weighted by Crippen LogP contribution is -1.97. The minimum Gasteiger partial charge on any atom is -0.489 e. The van der Waals surface area contributed by atoms with E-state index in [0.29, 0.717) is 12.4 Å². The van der Waals surface area contributed by atoms with Crippen LogP contribution in [0, 0.1) is 5.82 Å². The molecule has 0 radical (unpaired) electrons. The molecule has 0 N–H and O–H groups in total. The number of rotatable bonds is 5. The van der Waals surface area contributed by atoms with Gasteiger partial charge in [-0.15, -0.1) is 0 Å². The summed E-state index contributed by atoms with van der Waals surface area (Å²) in [6.07, 6.45) is 1.71. The van der Waals surface area contributed by atoms with Crippen molar-refractivity contribution in [2.45, 2.75) is 26.4 Å². The first-order chi connectivity index (χ1) is 8.79. The quantitative estimate of drug-likeness (QED) is 0.759. The Hall–Kier alpha value is -1.83. The smallest absolute Gasteiger partial charge is 0.130 e. The van der Waals surface area contributed by atoms with Crippen LogP contribution >= 0.6 is 0 Å². The summed E-state index contributed by atoms with van der Waals surface area (Å²) in [7, 11) is 0. The van der Waals surface area contributed by atoms with Gasteiger partial charge in [-0.05, 0) is 23.6 Å². The van der Waals surface area contributed by atoms with Gasteiger partial charge in [-0.1, -0.05) is 49.7 Å². The van der Waals surface area contributed by atoms with Crippen molar-refractivity contribution in [3.8, 4) is 5.75 Å². The van der Waals surface area contributed by atoms with Gasteiger partial charge in [0.15, 0.2) is 0 Å². The van der Waals surface area contributed by atoms with Gasteiger partial charge >= 0.3 is 0 Å². The van der Waals surface area contributed by atoms with Crippen LogP contribution in [0.2, 0.25) is 0 Å². The fourth-order valence-electron chi connectivity index (χ4n) is 1.83. The van der Waals surface area contributed by atoms with Gasteiger partial charge in [0, 0.05) is 6.07 Å². The first-order valence-corrected chi connectivity index (χ1v) is 6.24. The van der Waals surface area contributed by atoms with Gasteiger partial charge in [-0.3, -0.25) is 0 Å². The maximum atomic E-state index is 13.7. The van der Waals surface area contributed by atoms with Gasteiger partial charge in [-0.25, -0.2) is 4.39 Å². The van der Waals surface area contributed by atoms with E-state index in [-0.39, 0.29) is 5.82 Å². The van der Waals surface area contributed by atoms with Gasteiger partial charge in [0.25, 0.3) is 0 Å². The maximum Gasteiger partial charge on any atom is 0.130 e. The van der Waals surface area contributed by atoms with Gasteiger partial charge in [0.1, 0.15) is 18.2 Å². The van der Waals surface area contributed by atoms with Gasteiger partial charge in [0.05, 0.1) is 0 Å². The Kier molecular flexibility index (Phi) is 4.35. The lowest BCUT2D eigenvalue weighted by atomic mass is 10.1. The van der Waals surface area contributed by atoms with Crippen LogP contribution in [0.4, 0.5) is 4.39 Å². The summed E-state index contributed by atoms with van der Waals surface area (Å²) < 4.78 is 19.2. The predicted molar refractivity (Wildman–Crippen MR) is 71.2 cm³/mol. The standard InChI is InChI=1S/C16H17FO/c1-2-6-14-9-10-15(11-16(14)17)18-12-13-7-4-3-5-8-13/h3-5,7-11H,2,6,12H2,1H3. The first-order valence-electron chi connectivity index (χ1n) is 6.24. The highest BCUT2D eigenvalue weighted by atomic mass is 19.1. The van der Waals surface area contributed by atoms with Crippen LogP contribution in [0.5, 0.6) is 5.75 Å². The van der Waals surface area contributed by atoms with Crippen LogP contribution in [0.15, 0.2) is 48.5 Å². The minimum absolute atomic E-state index is 0.178. The van der Waals surface area contributed by atoms with Gasteiger partial charge in [-0.2, -0.15) is 0 Å². The zero-order valence-electron chi connectivity index (χ0n) is 10.5. The summed E-state index contributed by atoms with van der Waals surface area (Å²) in [5, 5.41) is 0. The average Bonchev–Trinajstić information content (AvgIpc) is 2.41. The van der Waals surface area contributed by atoms with Crippen molar-refractivity contribution in [1.82, 2.24) is 0 Å². The third kappa shape index (κ3) is 3.33. The Morgan fingerprint density at radius 3 is 2.50 bits per heavy atom. The van der Waals surface area contributed by atoms with Crippen LogP contribution in [0.25, 0.3) is 0 Å². The molecule has 0 saturated carbocycles. The van der Waals surface area contributed by atoms with Crippen molar-refractivity contribution in [3.63, 3.8) is 0 Å². The molecule has 2 heteroatoms. The van der Waals surface area contributed by atoms with Crippen molar-refractivity contribution < 1.29 is 9.13 Å². The molecule has 2 aromatic carbocycles. The molecule has 0 amide bonds. The zero-order valence-corrected chi connectivity index (χ0v) is 10.5. The molecule has 2 aromatic rings. The Labute approximate surface area is 107 Å². The number of ether oxygens (including phenoxy) is 1. The molecule has 0 bridgehead atoms. The number of aryl methyl sites for hydroxylation is 1. The minimum atomic E-state index is -0.178. The Morgan fingerprint density at radius 1 is 1.06 bits per heavy atom.